The first kappa shape index (κ1) is 20.9. The van der Waals surface area contributed by atoms with Gasteiger partial charge in [-0.05, 0) is 12.8 Å². The summed E-state index contributed by atoms with van der Waals surface area (Å²) < 4.78 is 4.73. The van der Waals surface area contributed by atoms with Gasteiger partial charge in [-0.1, -0.05) is 50.6 Å². The number of ether oxygens (including phenoxy) is 1. The topological polar surface area (TPSA) is 63.7 Å². The van der Waals surface area contributed by atoms with E-state index in [-0.39, 0.29) is 42.3 Å². The van der Waals surface area contributed by atoms with Crippen LogP contribution in [0, 0.1) is 18.8 Å². The van der Waals surface area contributed by atoms with Crippen molar-refractivity contribution < 1.29 is 19.1 Å². The molecule has 1 amide bonds. The number of rotatable bonds is 9. The summed E-state index contributed by atoms with van der Waals surface area (Å²) in [5.74, 6) is -0.594. The number of hydrogen-bond acceptors (Lipinski definition) is 4. The minimum absolute atomic E-state index is 0.0427. The molecule has 0 saturated heterocycles. The number of carbonyl (C=O) groups excluding carboxylic acids is 3. The van der Waals surface area contributed by atoms with Gasteiger partial charge in [0.1, 0.15) is 0 Å². The van der Waals surface area contributed by atoms with E-state index in [9.17, 15) is 14.4 Å². The highest BCUT2D eigenvalue weighted by Crippen LogP contribution is 2.12. The van der Waals surface area contributed by atoms with Crippen LogP contribution in [0.5, 0.6) is 0 Å². The molecule has 1 unspecified atom stereocenters. The van der Waals surface area contributed by atoms with Gasteiger partial charge < -0.3 is 9.64 Å². The summed E-state index contributed by atoms with van der Waals surface area (Å²) in [6.45, 7) is 8.59. The number of aryl methyl sites for hydroxylation is 1. The van der Waals surface area contributed by atoms with Crippen LogP contribution in [0.3, 0.4) is 0 Å². The van der Waals surface area contributed by atoms with Crippen molar-refractivity contribution in [1.82, 2.24) is 4.90 Å². The Bertz CT molecular complexity index is 592. The summed E-state index contributed by atoms with van der Waals surface area (Å²) in [4.78, 5) is 38.1. The summed E-state index contributed by atoms with van der Waals surface area (Å²) in [5, 5.41) is 0. The highest BCUT2D eigenvalue weighted by Gasteiger charge is 2.22. The Hall–Kier alpha value is -2.17. The van der Waals surface area contributed by atoms with E-state index in [4.69, 9.17) is 4.74 Å². The largest absolute Gasteiger partial charge is 0.469 e. The molecule has 1 aromatic rings. The molecule has 0 radical (unpaired) electrons. The van der Waals surface area contributed by atoms with Crippen molar-refractivity contribution >= 4 is 17.7 Å². The Balaban J connectivity index is 2.66. The summed E-state index contributed by atoms with van der Waals surface area (Å²) in [7, 11) is 1.34. The third kappa shape index (κ3) is 7.08. The highest BCUT2D eigenvalue weighted by atomic mass is 16.5. The van der Waals surface area contributed by atoms with E-state index < -0.39 is 0 Å². The Morgan fingerprint density at radius 2 is 1.60 bits per heavy atom. The van der Waals surface area contributed by atoms with Gasteiger partial charge in [0.25, 0.3) is 0 Å². The first-order chi connectivity index (χ1) is 11.7. The monoisotopic (exact) mass is 347 g/mol. The molecule has 0 aliphatic carbocycles. The summed E-state index contributed by atoms with van der Waals surface area (Å²) in [5.41, 5.74) is 1.71. The van der Waals surface area contributed by atoms with Gasteiger partial charge in [-0.2, -0.15) is 0 Å². The number of nitrogens with zero attached hydrogens (tertiary/aromatic N) is 1. The Labute approximate surface area is 150 Å². The lowest BCUT2D eigenvalue weighted by molar-refractivity contribution is -0.146. The third-order valence-electron chi connectivity index (χ3n) is 3.98. The van der Waals surface area contributed by atoms with Crippen molar-refractivity contribution in [2.24, 2.45) is 11.8 Å². The van der Waals surface area contributed by atoms with Gasteiger partial charge in [0.05, 0.1) is 13.0 Å². The van der Waals surface area contributed by atoms with Crippen LogP contribution in [-0.4, -0.2) is 42.8 Å². The molecule has 1 rings (SSSR count). The summed E-state index contributed by atoms with van der Waals surface area (Å²) >= 11 is 0. The second-order valence-electron chi connectivity index (χ2n) is 6.91. The van der Waals surface area contributed by atoms with Crippen molar-refractivity contribution in [3.05, 3.63) is 35.4 Å². The smallest absolute Gasteiger partial charge is 0.310 e. The van der Waals surface area contributed by atoms with Gasteiger partial charge in [-0.3, -0.25) is 14.4 Å². The van der Waals surface area contributed by atoms with Crippen LogP contribution in [0.1, 0.15) is 49.5 Å². The van der Waals surface area contributed by atoms with E-state index in [1.807, 2.05) is 32.9 Å². The molecule has 25 heavy (non-hydrogen) atoms. The molecule has 5 nitrogen and oxygen atoms in total. The highest BCUT2D eigenvalue weighted by molar-refractivity contribution is 5.98. The lowest BCUT2D eigenvalue weighted by Gasteiger charge is -2.26. The maximum absolute atomic E-state index is 12.5. The van der Waals surface area contributed by atoms with Gasteiger partial charge in [0.2, 0.25) is 5.91 Å². The number of amides is 1. The van der Waals surface area contributed by atoms with Gasteiger partial charge in [-0.15, -0.1) is 0 Å². The Morgan fingerprint density at radius 1 is 1.00 bits per heavy atom. The molecule has 0 fully saturated rings. The van der Waals surface area contributed by atoms with Gasteiger partial charge in [-0.25, -0.2) is 0 Å². The van der Waals surface area contributed by atoms with Crippen molar-refractivity contribution in [3.8, 4) is 0 Å². The maximum Gasteiger partial charge on any atom is 0.310 e. The third-order valence-corrected chi connectivity index (χ3v) is 3.98. The van der Waals surface area contributed by atoms with Crippen LogP contribution in [0.4, 0.5) is 0 Å². The molecule has 0 saturated carbocycles. The maximum atomic E-state index is 12.5. The minimum Gasteiger partial charge on any atom is -0.469 e. The number of hydrogen-bond donors (Lipinski definition) is 0. The first-order valence-electron chi connectivity index (χ1n) is 8.70. The van der Waals surface area contributed by atoms with E-state index >= 15 is 0 Å². The van der Waals surface area contributed by atoms with Crippen LogP contribution >= 0.6 is 0 Å². The molecule has 0 bridgehead atoms. The molecule has 1 atom stereocenters. The zero-order valence-electron chi connectivity index (χ0n) is 15.9. The number of esters is 1. The first-order valence-corrected chi connectivity index (χ1v) is 8.70. The molecular formula is C20H29NO4. The molecular weight excluding hydrogens is 318 g/mol. The molecule has 0 aliphatic rings. The fraction of sp³-hybridized carbons (Fsp3) is 0.550. The van der Waals surface area contributed by atoms with E-state index in [1.165, 1.54) is 7.11 Å². The predicted molar refractivity (Wildman–Crippen MR) is 97.3 cm³/mol. The zero-order valence-corrected chi connectivity index (χ0v) is 15.9. The minimum atomic E-state index is -0.388. The second kappa shape index (κ2) is 9.97. The fourth-order valence-corrected chi connectivity index (χ4v) is 2.59. The number of methoxy groups -OCH3 is 1. The van der Waals surface area contributed by atoms with Crippen molar-refractivity contribution in [3.63, 3.8) is 0 Å². The van der Waals surface area contributed by atoms with Gasteiger partial charge >= 0.3 is 5.97 Å². The summed E-state index contributed by atoms with van der Waals surface area (Å²) in [6, 6.07) is 7.34. The van der Waals surface area contributed by atoms with Gasteiger partial charge in [0, 0.05) is 31.5 Å². The van der Waals surface area contributed by atoms with E-state index in [0.717, 1.165) is 5.56 Å². The zero-order chi connectivity index (χ0) is 19.0. The van der Waals surface area contributed by atoms with E-state index in [0.29, 0.717) is 18.7 Å². The van der Waals surface area contributed by atoms with Crippen LogP contribution in [0.25, 0.3) is 0 Å². The fourth-order valence-electron chi connectivity index (χ4n) is 2.59. The average Bonchev–Trinajstić information content (AvgIpc) is 2.58. The number of benzene rings is 1. The lowest BCUT2D eigenvalue weighted by Crippen LogP contribution is -2.39. The molecule has 0 N–H and O–H groups in total. The molecule has 138 valence electrons. The van der Waals surface area contributed by atoms with E-state index in [1.54, 1.807) is 24.0 Å². The SMILES string of the molecule is COC(=O)C(C)CN(CC(C)C)C(=O)CCC(=O)c1ccc(C)cc1. The van der Waals surface area contributed by atoms with E-state index in [2.05, 4.69) is 0 Å². The molecule has 0 heterocycles. The standard InChI is InChI=1S/C20H29NO4/c1-14(2)12-21(13-16(4)20(24)25-5)19(23)11-10-18(22)17-8-6-15(3)7-9-17/h6-9,14,16H,10-13H2,1-5H3. The average molecular weight is 347 g/mol. The van der Waals surface area contributed by atoms with Crippen LogP contribution in [0.15, 0.2) is 24.3 Å². The summed E-state index contributed by atoms with van der Waals surface area (Å²) in [6.07, 6.45) is 0.316. The molecule has 5 heteroatoms. The van der Waals surface area contributed by atoms with Crippen molar-refractivity contribution in [1.29, 1.82) is 0 Å². The van der Waals surface area contributed by atoms with Crippen LogP contribution in [0.2, 0.25) is 0 Å². The molecule has 0 aromatic heterocycles. The molecule has 1 aromatic carbocycles. The number of ketones is 1. The molecule has 0 aliphatic heterocycles. The Kier molecular flexibility index (Phi) is 8.32. The predicted octanol–water partition coefficient (Wildman–Crippen LogP) is 3.25. The van der Waals surface area contributed by atoms with Crippen molar-refractivity contribution in [2.45, 2.75) is 40.5 Å². The van der Waals surface area contributed by atoms with Crippen LogP contribution in [-0.2, 0) is 14.3 Å². The van der Waals surface area contributed by atoms with Crippen molar-refractivity contribution in [2.75, 3.05) is 20.2 Å². The van der Waals surface area contributed by atoms with Crippen LogP contribution < -0.4 is 0 Å². The molecule has 0 spiro atoms. The number of Topliss-reactive ketones (excluding diaryl/α,β-unsaturated/α-hetero) is 1. The van der Waals surface area contributed by atoms with Gasteiger partial charge in [0.15, 0.2) is 5.78 Å². The number of carbonyl (C=O) groups is 3. The quantitative estimate of drug-likeness (QED) is 0.508. The lowest BCUT2D eigenvalue weighted by atomic mass is 10.0. The second-order valence-corrected chi connectivity index (χ2v) is 6.91. The normalized spacial score (nSPS) is 11.9. The Morgan fingerprint density at radius 3 is 2.12 bits per heavy atom.